The monoisotopic (exact) mass is 495 g/mol. The predicted octanol–water partition coefficient (Wildman–Crippen LogP) is 5.49. The van der Waals surface area contributed by atoms with E-state index in [1.54, 1.807) is 13.0 Å². The van der Waals surface area contributed by atoms with Crippen molar-refractivity contribution in [2.24, 2.45) is 17.1 Å². The summed E-state index contributed by atoms with van der Waals surface area (Å²) in [6, 6.07) is 9.57. The second-order valence-corrected chi connectivity index (χ2v) is 11.0. The Bertz CT molecular complexity index is 1070. The number of piperidine rings is 1. The van der Waals surface area contributed by atoms with E-state index in [0.717, 1.165) is 42.3 Å². The molecular formula is C26H37N7OS. The molecule has 2 aromatic rings. The van der Waals surface area contributed by atoms with Crippen molar-refractivity contribution in [2.75, 3.05) is 28.6 Å². The van der Waals surface area contributed by atoms with Crippen LogP contribution in [-0.4, -0.2) is 34.7 Å². The van der Waals surface area contributed by atoms with Gasteiger partial charge >= 0.3 is 0 Å². The molecule has 2 heterocycles. The van der Waals surface area contributed by atoms with Crippen LogP contribution in [0.4, 0.5) is 17.3 Å². The number of nitrogens with zero attached hydrogens (tertiary/aromatic N) is 3. The number of carbonyl (C=O) groups excluding carboxylic acids is 1. The van der Waals surface area contributed by atoms with E-state index in [4.69, 9.17) is 16.1 Å². The van der Waals surface area contributed by atoms with Crippen molar-refractivity contribution in [2.45, 2.75) is 63.9 Å². The lowest BCUT2D eigenvalue weighted by molar-refractivity contribution is -0.115. The van der Waals surface area contributed by atoms with Crippen LogP contribution in [0.25, 0.3) is 0 Å². The number of anilines is 3. The number of hydrogen-bond acceptors (Lipinski definition) is 8. The van der Waals surface area contributed by atoms with E-state index in [-0.39, 0.29) is 5.91 Å². The van der Waals surface area contributed by atoms with Gasteiger partial charge in [0.25, 0.3) is 0 Å². The van der Waals surface area contributed by atoms with Gasteiger partial charge in [-0.25, -0.2) is 9.97 Å². The van der Waals surface area contributed by atoms with Crippen molar-refractivity contribution < 1.29 is 4.79 Å². The molecule has 1 amide bonds. The predicted molar refractivity (Wildman–Crippen MR) is 145 cm³/mol. The Morgan fingerprint density at radius 1 is 1.20 bits per heavy atom. The fraction of sp³-hybridized carbons (Fsp3) is 0.462. The van der Waals surface area contributed by atoms with Crippen LogP contribution in [0.3, 0.4) is 0 Å². The highest BCUT2D eigenvalue weighted by Crippen LogP contribution is 2.36. The lowest BCUT2D eigenvalue weighted by Crippen LogP contribution is -2.38. The summed E-state index contributed by atoms with van der Waals surface area (Å²) in [6.07, 6.45) is 4.25. The fourth-order valence-electron chi connectivity index (χ4n) is 4.04. The molecule has 1 aliphatic heterocycles. The zero-order chi connectivity index (χ0) is 25.6. The van der Waals surface area contributed by atoms with Gasteiger partial charge < -0.3 is 26.7 Å². The van der Waals surface area contributed by atoms with Crippen LogP contribution < -0.4 is 21.3 Å². The molecule has 0 saturated carbocycles. The smallest absolute Gasteiger partial charge is 0.224 e. The van der Waals surface area contributed by atoms with Gasteiger partial charge in [-0.2, -0.15) is 0 Å². The van der Waals surface area contributed by atoms with Crippen LogP contribution in [0.5, 0.6) is 0 Å². The maximum atomic E-state index is 11.6. The van der Waals surface area contributed by atoms with Crippen molar-refractivity contribution in [3.63, 3.8) is 0 Å². The van der Waals surface area contributed by atoms with Crippen LogP contribution >= 0.6 is 11.8 Å². The van der Waals surface area contributed by atoms with Crippen molar-refractivity contribution in [1.29, 1.82) is 5.41 Å². The molecular weight excluding hydrogens is 458 g/mol. The molecule has 1 aliphatic rings. The number of nitrogens with one attached hydrogen (secondary N) is 3. The number of aromatic nitrogens is 2. The van der Waals surface area contributed by atoms with Gasteiger partial charge in [0, 0.05) is 41.9 Å². The molecule has 8 nitrogen and oxygen atoms in total. The van der Waals surface area contributed by atoms with Gasteiger partial charge in [-0.1, -0.05) is 27.7 Å². The summed E-state index contributed by atoms with van der Waals surface area (Å²) in [5.41, 5.74) is 7.49. The first kappa shape index (κ1) is 26.5. The van der Waals surface area contributed by atoms with E-state index in [2.05, 4.69) is 41.3 Å². The molecule has 9 heteroatoms. The molecule has 0 atom stereocenters. The zero-order valence-corrected chi connectivity index (χ0v) is 22.1. The Hall–Kier alpha value is -3.07. The number of benzene rings is 1. The van der Waals surface area contributed by atoms with Gasteiger partial charge in [-0.3, -0.25) is 4.79 Å². The molecule has 35 heavy (non-hydrogen) atoms. The Labute approximate surface area is 212 Å². The standard InChI is InChI=1S/C26H37N7OS/c1-6-24(34)29-19-7-9-20(10-8-19)35-25-31-22(30-21(28)15-17(2)27)16-23(32-25)33-13-11-18(12-14-33)26(3,4)5/h7-10,15-16,18,27H,6,11-14,28H2,1-5H3,(H,29,34)(H,30,31,32)/b21-15+,27-17?. The summed E-state index contributed by atoms with van der Waals surface area (Å²) in [4.78, 5) is 24.4. The molecule has 1 aromatic carbocycles. The number of carbonyl (C=O) groups is 1. The summed E-state index contributed by atoms with van der Waals surface area (Å²) in [5.74, 6) is 2.49. The molecule has 0 unspecified atom stereocenters. The molecule has 1 aromatic heterocycles. The maximum absolute atomic E-state index is 11.6. The molecule has 188 valence electrons. The Morgan fingerprint density at radius 3 is 2.43 bits per heavy atom. The van der Waals surface area contributed by atoms with E-state index in [0.29, 0.717) is 40.3 Å². The first-order chi connectivity index (χ1) is 16.5. The normalized spacial score (nSPS) is 15.1. The molecule has 0 radical (unpaired) electrons. The first-order valence-corrected chi connectivity index (χ1v) is 12.9. The Balaban J connectivity index is 1.82. The van der Waals surface area contributed by atoms with Crippen LogP contribution in [0.2, 0.25) is 0 Å². The minimum absolute atomic E-state index is 0.0156. The minimum Gasteiger partial charge on any atom is -0.385 e. The van der Waals surface area contributed by atoms with Crippen molar-refractivity contribution >= 4 is 40.7 Å². The van der Waals surface area contributed by atoms with E-state index in [9.17, 15) is 4.79 Å². The van der Waals surface area contributed by atoms with Crippen LogP contribution in [0.1, 0.15) is 53.9 Å². The highest BCUT2D eigenvalue weighted by molar-refractivity contribution is 7.99. The van der Waals surface area contributed by atoms with Crippen molar-refractivity contribution in [1.82, 2.24) is 9.97 Å². The van der Waals surface area contributed by atoms with Gasteiger partial charge in [0.1, 0.15) is 17.5 Å². The summed E-state index contributed by atoms with van der Waals surface area (Å²) in [7, 11) is 0. The van der Waals surface area contributed by atoms with Crippen molar-refractivity contribution in [3.05, 3.63) is 42.2 Å². The van der Waals surface area contributed by atoms with Gasteiger partial charge in [-0.05, 0) is 73.2 Å². The lowest BCUT2D eigenvalue weighted by atomic mass is 9.75. The van der Waals surface area contributed by atoms with Gasteiger partial charge in [0.2, 0.25) is 5.91 Å². The Kier molecular flexibility index (Phi) is 8.77. The average molecular weight is 496 g/mol. The average Bonchev–Trinajstić information content (AvgIpc) is 2.79. The topological polar surface area (TPSA) is 120 Å². The molecule has 5 N–H and O–H groups in total. The molecule has 0 spiro atoms. The molecule has 3 rings (SSSR count). The molecule has 0 aliphatic carbocycles. The summed E-state index contributed by atoms with van der Waals surface area (Å²) in [5, 5.41) is 14.2. The second-order valence-electron chi connectivity index (χ2n) is 9.96. The number of hydrogen-bond donors (Lipinski definition) is 4. The molecule has 1 fully saturated rings. The summed E-state index contributed by atoms with van der Waals surface area (Å²) >= 11 is 1.45. The van der Waals surface area contributed by atoms with E-state index >= 15 is 0 Å². The van der Waals surface area contributed by atoms with Crippen LogP contribution in [0.15, 0.2) is 52.3 Å². The maximum Gasteiger partial charge on any atom is 0.224 e. The highest BCUT2D eigenvalue weighted by Gasteiger charge is 2.29. The summed E-state index contributed by atoms with van der Waals surface area (Å²) < 4.78 is 0. The minimum atomic E-state index is -0.0156. The van der Waals surface area contributed by atoms with Gasteiger partial charge in [-0.15, -0.1) is 0 Å². The molecule has 1 saturated heterocycles. The first-order valence-electron chi connectivity index (χ1n) is 12.0. The van der Waals surface area contributed by atoms with E-state index in [1.807, 2.05) is 37.3 Å². The van der Waals surface area contributed by atoms with Crippen LogP contribution in [-0.2, 0) is 4.79 Å². The van der Waals surface area contributed by atoms with E-state index in [1.165, 1.54) is 11.8 Å². The molecule has 0 bridgehead atoms. The third kappa shape index (κ3) is 7.99. The number of amides is 1. The zero-order valence-electron chi connectivity index (χ0n) is 21.3. The lowest BCUT2D eigenvalue weighted by Gasteiger charge is -2.39. The third-order valence-corrected chi connectivity index (χ3v) is 6.92. The van der Waals surface area contributed by atoms with Gasteiger partial charge in [0.05, 0.1) is 0 Å². The van der Waals surface area contributed by atoms with Gasteiger partial charge in [0.15, 0.2) is 5.16 Å². The third-order valence-electron chi connectivity index (χ3n) is 6.05. The Morgan fingerprint density at radius 2 is 1.86 bits per heavy atom. The second kappa shape index (κ2) is 11.6. The number of allylic oxidation sites excluding steroid dienone is 1. The number of rotatable bonds is 8. The highest BCUT2D eigenvalue weighted by atomic mass is 32.2. The quantitative estimate of drug-likeness (QED) is 0.282. The largest absolute Gasteiger partial charge is 0.385 e. The van der Waals surface area contributed by atoms with Crippen LogP contribution in [0, 0.1) is 16.7 Å². The SMILES string of the molecule is CCC(=O)Nc1ccc(Sc2nc(N/C(N)=C/C(C)=N)cc(N3CCC(C(C)(C)C)CC3)n2)cc1. The van der Waals surface area contributed by atoms with Crippen molar-refractivity contribution in [3.8, 4) is 0 Å². The number of nitrogens with two attached hydrogens (primary N) is 1. The summed E-state index contributed by atoms with van der Waals surface area (Å²) in [6.45, 7) is 12.3. The van der Waals surface area contributed by atoms with E-state index < -0.39 is 0 Å². The fourth-order valence-corrected chi connectivity index (χ4v) is 4.80.